The van der Waals surface area contributed by atoms with Gasteiger partial charge in [0.05, 0.1) is 20.3 Å². The van der Waals surface area contributed by atoms with E-state index in [0.717, 1.165) is 29.1 Å². The zero-order chi connectivity index (χ0) is 19.9. The standard InChI is InChI=1S/C22H29N3O3/c1-24(2)14-17-15-25(10-11-28-16-17)22(26)23-20-8-4-6-18(12-20)19-7-5-9-21(13-19)27-3/h4-9,12-13,17H,10-11,14-16H2,1-3H3,(H,23,26)/t17-/m0/s1. The Morgan fingerprint density at radius 2 is 1.96 bits per heavy atom. The van der Waals surface area contributed by atoms with Crippen LogP contribution in [0.25, 0.3) is 11.1 Å². The summed E-state index contributed by atoms with van der Waals surface area (Å²) in [6.45, 7) is 3.45. The van der Waals surface area contributed by atoms with Crippen molar-refractivity contribution in [2.24, 2.45) is 5.92 Å². The van der Waals surface area contributed by atoms with Gasteiger partial charge in [-0.2, -0.15) is 0 Å². The summed E-state index contributed by atoms with van der Waals surface area (Å²) in [5, 5.41) is 3.04. The Bertz CT molecular complexity index is 794. The maximum Gasteiger partial charge on any atom is 0.321 e. The van der Waals surface area contributed by atoms with Crippen molar-refractivity contribution >= 4 is 11.7 Å². The van der Waals surface area contributed by atoms with Crippen molar-refractivity contribution in [1.82, 2.24) is 9.80 Å². The molecule has 2 amide bonds. The van der Waals surface area contributed by atoms with E-state index >= 15 is 0 Å². The van der Waals surface area contributed by atoms with Crippen LogP contribution in [0.2, 0.25) is 0 Å². The first-order chi connectivity index (χ1) is 13.5. The molecule has 3 rings (SSSR count). The molecule has 28 heavy (non-hydrogen) atoms. The number of anilines is 1. The lowest BCUT2D eigenvalue weighted by Crippen LogP contribution is -2.41. The molecule has 0 bridgehead atoms. The van der Waals surface area contributed by atoms with E-state index in [1.165, 1.54) is 0 Å². The van der Waals surface area contributed by atoms with Crippen molar-refractivity contribution in [2.75, 3.05) is 59.4 Å². The molecule has 0 spiro atoms. The van der Waals surface area contributed by atoms with E-state index in [4.69, 9.17) is 9.47 Å². The average molecular weight is 383 g/mol. The Morgan fingerprint density at radius 1 is 1.21 bits per heavy atom. The number of carbonyl (C=O) groups is 1. The van der Waals surface area contributed by atoms with Crippen molar-refractivity contribution in [2.45, 2.75) is 0 Å². The average Bonchev–Trinajstić information content (AvgIpc) is 2.93. The smallest absolute Gasteiger partial charge is 0.321 e. The largest absolute Gasteiger partial charge is 0.497 e. The summed E-state index contributed by atoms with van der Waals surface area (Å²) in [6, 6.07) is 15.7. The molecule has 0 aromatic heterocycles. The molecular formula is C22H29N3O3. The number of nitrogens with one attached hydrogen (secondary N) is 1. The highest BCUT2D eigenvalue weighted by molar-refractivity contribution is 5.90. The summed E-state index contributed by atoms with van der Waals surface area (Å²) >= 11 is 0. The molecule has 1 aliphatic heterocycles. The molecule has 2 aromatic carbocycles. The number of benzene rings is 2. The number of hydrogen-bond donors (Lipinski definition) is 1. The summed E-state index contributed by atoms with van der Waals surface area (Å²) in [6.07, 6.45) is 0. The van der Waals surface area contributed by atoms with Gasteiger partial charge in [0.25, 0.3) is 0 Å². The van der Waals surface area contributed by atoms with Crippen LogP contribution in [0.5, 0.6) is 5.75 Å². The second-order valence-electron chi connectivity index (χ2n) is 7.39. The van der Waals surface area contributed by atoms with Crippen molar-refractivity contribution in [3.8, 4) is 16.9 Å². The number of nitrogens with zero attached hydrogens (tertiary/aromatic N) is 2. The number of amides is 2. The molecule has 0 radical (unpaired) electrons. The first kappa shape index (κ1) is 20.2. The molecule has 6 nitrogen and oxygen atoms in total. The number of rotatable bonds is 5. The Kier molecular flexibility index (Phi) is 6.90. The summed E-state index contributed by atoms with van der Waals surface area (Å²) in [7, 11) is 5.74. The Balaban J connectivity index is 1.69. The van der Waals surface area contributed by atoms with Crippen molar-refractivity contribution in [3.05, 3.63) is 48.5 Å². The molecule has 0 aliphatic carbocycles. The van der Waals surface area contributed by atoms with Gasteiger partial charge in [-0.15, -0.1) is 0 Å². The minimum Gasteiger partial charge on any atom is -0.497 e. The first-order valence-corrected chi connectivity index (χ1v) is 9.58. The highest BCUT2D eigenvalue weighted by atomic mass is 16.5. The number of methoxy groups -OCH3 is 1. The van der Waals surface area contributed by atoms with Crippen LogP contribution in [0.3, 0.4) is 0 Å². The van der Waals surface area contributed by atoms with Crippen LogP contribution >= 0.6 is 0 Å². The Labute approximate surface area is 167 Å². The highest BCUT2D eigenvalue weighted by Gasteiger charge is 2.23. The molecule has 1 aliphatic rings. The van der Waals surface area contributed by atoms with Gasteiger partial charge in [-0.3, -0.25) is 0 Å². The van der Waals surface area contributed by atoms with Crippen molar-refractivity contribution in [3.63, 3.8) is 0 Å². The van der Waals surface area contributed by atoms with Crippen molar-refractivity contribution in [1.29, 1.82) is 0 Å². The van der Waals surface area contributed by atoms with Crippen LogP contribution in [0.15, 0.2) is 48.5 Å². The quantitative estimate of drug-likeness (QED) is 0.860. The summed E-state index contributed by atoms with van der Waals surface area (Å²) in [5.41, 5.74) is 2.85. The topological polar surface area (TPSA) is 54.0 Å². The summed E-state index contributed by atoms with van der Waals surface area (Å²) in [5.74, 6) is 1.12. The normalized spacial score (nSPS) is 17.3. The fraction of sp³-hybridized carbons (Fsp3) is 0.409. The molecule has 1 N–H and O–H groups in total. The monoisotopic (exact) mass is 383 g/mol. The SMILES string of the molecule is COc1cccc(-c2cccc(NC(=O)N3CCOC[C@@H](CN(C)C)C3)c2)c1. The van der Waals surface area contributed by atoms with Crippen molar-refractivity contribution < 1.29 is 14.3 Å². The fourth-order valence-corrected chi connectivity index (χ4v) is 3.47. The zero-order valence-corrected chi connectivity index (χ0v) is 16.9. The van der Waals surface area contributed by atoms with Gasteiger partial charge in [0.1, 0.15) is 5.75 Å². The van der Waals surface area contributed by atoms with Gasteiger partial charge in [0, 0.05) is 31.2 Å². The van der Waals surface area contributed by atoms with Gasteiger partial charge in [0.15, 0.2) is 0 Å². The van der Waals surface area contributed by atoms with Crippen LogP contribution < -0.4 is 10.1 Å². The van der Waals surface area contributed by atoms with Gasteiger partial charge in [-0.1, -0.05) is 24.3 Å². The molecule has 6 heteroatoms. The van der Waals surface area contributed by atoms with E-state index in [-0.39, 0.29) is 6.03 Å². The molecular weight excluding hydrogens is 354 g/mol. The zero-order valence-electron chi connectivity index (χ0n) is 16.9. The molecule has 2 aromatic rings. The minimum absolute atomic E-state index is 0.0861. The summed E-state index contributed by atoms with van der Waals surface area (Å²) < 4.78 is 11.0. The van der Waals surface area contributed by atoms with Gasteiger partial charge >= 0.3 is 6.03 Å². The van der Waals surface area contributed by atoms with Gasteiger partial charge in [0.2, 0.25) is 0 Å². The lowest BCUT2D eigenvalue weighted by molar-refractivity contribution is 0.112. The lowest BCUT2D eigenvalue weighted by atomic mass is 10.0. The number of ether oxygens (including phenoxy) is 2. The molecule has 1 saturated heterocycles. The Hall–Kier alpha value is -2.57. The van der Waals surface area contributed by atoms with Gasteiger partial charge in [-0.25, -0.2) is 4.79 Å². The molecule has 1 fully saturated rings. The molecule has 0 saturated carbocycles. The van der Waals surface area contributed by atoms with Crippen LogP contribution in [-0.2, 0) is 4.74 Å². The summed E-state index contributed by atoms with van der Waals surface area (Å²) in [4.78, 5) is 16.8. The fourth-order valence-electron chi connectivity index (χ4n) is 3.47. The van der Waals surface area contributed by atoms with Crippen LogP contribution in [0, 0.1) is 5.92 Å². The van der Waals surface area contributed by atoms with Crippen LogP contribution in [0.1, 0.15) is 0 Å². The van der Waals surface area contributed by atoms with E-state index in [2.05, 4.69) is 10.2 Å². The molecule has 1 heterocycles. The van der Waals surface area contributed by atoms with E-state index in [9.17, 15) is 4.79 Å². The highest BCUT2D eigenvalue weighted by Crippen LogP contribution is 2.26. The van der Waals surface area contributed by atoms with Crippen LogP contribution in [0.4, 0.5) is 10.5 Å². The first-order valence-electron chi connectivity index (χ1n) is 9.58. The van der Waals surface area contributed by atoms with E-state index in [1.54, 1.807) is 7.11 Å². The molecule has 0 unspecified atom stereocenters. The third-order valence-electron chi connectivity index (χ3n) is 4.77. The lowest BCUT2D eigenvalue weighted by Gasteiger charge is -2.25. The second-order valence-corrected chi connectivity index (χ2v) is 7.39. The van der Waals surface area contributed by atoms with Crippen LogP contribution in [-0.4, -0.2) is 69.9 Å². The van der Waals surface area contributed by atoms with Gasteiger partial charge < -0.3 is 24.6 Å². The van der Waals surface area contributed by atoms with E-state index in [0.29, 0.717) is 32.2 Å². The molecule has 150 valence electrons. The predicted molar refractivity (Wildman–Crippen MR) is 112 cm³/mol. The Morgan fingerprint density at radius 3 is 2.71 bits per heavy atom. The predicted octanol–water partition coefficient (Wildman–Crippen LogP) is 3.40. The third-order valence-corrected chi connectivity index (χ3v) is 4.77. The third kappa shape index (κ3) is 5.47. The van der Waals surface area contributed by atoms with E-state index < -0.39 is 0 Å². The van der Waals surface area contributed by atoms with Gasteiger partial charge in [-0.05, 0) is 49.5 Å². The second kappa shape index (κ2) is 9.57. The maximum atomic E-state index is 12.8. The number of carbonyl (C=O) groups excluding carboxylic acids is 1. The minimum atomic E-state index is -0.0861. The number of urea groups is 1. The van der Waals surface area contributed by atoms with E-state index in [1.807, 2.05) is 67.5 Å². The maximum absolute atomic E-state index is 12.8. The molecule has 1 atom stereocenters. The number of hydrogen-bond acceptors (Lipinski definition) is 4.